The second-order valence-electron chi connectivity index (χ2n) is 6.30. The SMILES string of the molecule is CCNC(=NCCCn1nc(C)cc1C)NCCCN(CC)S(C)(=O)=O.I. The fraction of sp³-hybridized carbons (Fsp3) is 0.765. The summed E-state index contributed by atoms with van der Waals surface area (Å²) < 4.78 is 26.6. The predicted molar refractivity (Wildman–Crippen MR) is 122 cm³/mol. The number of hydrogen-bond donors (Lipinski definition) is 2. The second kappa shape index (κ2) is 13.3. The van der Waals surface area contributed by atoms with Crippen molar-refractivity contribution in [2.45, 2.75) is 47.1 Å². The Labute approximate surface area is 181 Å². The summed E-state index contributed by atoms with van der Waals surface area (Å²) in [5.74, 6) is 0.767. The standard InChI is InChI=1S/C17H34N6O2S.HI/c1-6-18-17(19-10-8-12-22(7-2)26(5,24)25)20-11-9-13-23-16(4)14-15(3)21-23;/h14H,6-13H2,1-5H3,(H2,18,19,20);1H. The highest BCUT2D eigenvalue weighted by atomic mass is 127. The molecule has 1 heterocycles. The van der Waals surface area contributed by atoms with Crippen LogP contribution in [-0.4, -0.2) is 67.4 Å². The molecule has 1 aromatic heterocycles. The van der Waals surface area contributed by atoms with Crippen molar-refractivity contribution in [1.82, 2.24) is 24.7 Å². The number of guanidine groups is 1. The van der Waals surface area contributed by atoms with E-state index in [-0.39, 0.29) is 24.0 Å². The number of aliphatic imine (C=N–C) groups is 1. The lowest BCUT2D eigenvalue weighted by Gasteiger charge is -2.18. The number of halogens is 1. The Morgan fingerprint density at radius 1 is 1.26 bits per heavy atom. The zero-order valence-electron chi connectivity index (χ0n) is 17.2. The van der Waals surface area contributed by atoms with Gasteiger partial charge in [0.15, 0.2) is 5.96 Å². The molecule has 0 atom stereocenters. The van der Waals surface area contributed by atoms with Gasteiger partial charge < -0.3 is 10.6 Å². The van der Waals surface area contributed by atoms with Crippen LogP contribution in [0.15, 0.2) is 11.1 Å². The van der Waals surface area contributed by atoms with Crippen LogP contribution in [0.25, 0.3) is 0 Å². The summed E-state index contributed by atoms with van der Waals surface area (Å²) in [6, 6.07) is 2.07. The summed E-state index contributed by atoms with van der Waals surface area (Å²) in [7, 11) is -3.12. The molecule has 1 aromatic rings. The Balaban J connectivity index is 0.00000676. The normalized spacial score (nSPS) is 12.1. The van der Waals surface area contributed by atoms with Crippen LogP contribution in [0.2, 0.25) is 0 Å². The molecule has 0 fully saturated rings. The van der Waals surface area contributed by atoms with E-state index in [1.807, 2.05) is 25.5 Å². The molecular weight excluding hydrogens is 479 g/mol. The van der Waals surface area contributed by atoms with Gasteiger partial charge in [0, 0.05) is 45.0 Å². The van der Waals surface area contributed by atoms with Crippen LogP contribution in [0.5, 0.6) is 0 Å². The molecule has 0 spiro atoms. The lowest BCUT2D eigenvalue weighted by molar-refractivity contribution is 0.424. The largest absolute Gasteiger partial charge is 0.357 e. The van der Waals surface area contributed by atoms with Gasteiger partial charge in [0.1, 0.15) is 0 Å². The predicted octanol–water partition coefficient (Wildman–Crippen LogP) is 1.73. The number of nitrogens with zero attached hydrogens (tertiary/aromatic N) is 4. The minimum Gasteiger partial charge on any atom is -0.357 e. The molecule has 0 saturated carbocycles. The molecule has 0 amide bonds. The van der Waals surface area contributed by atoms with Gasteiger partial charge in [-0.2, -0.15) is 5.10 Å². The third kappa shape index (κ3) is 10.3. The van der Waals surface area contributed by atoms with E-state index in [2.05, 4.69) is 33.7 Å². The van der Waals surface area contributed by atoms with Crippen molar-refractivity contribution in [3.8, 4) is 0 Å². The van der Waals surface area contributed by atoms with E-state index in [4.69, 9.17) is 0 Å². The molecule has 0 unspecified atom stereocenters. The van der Waals surface area contributed by atoms with Crippen LogP contribution in [0, 0.1) is 13.8 Å². The molecule has 0 aliphatic heterocycles. The van der Waals surface area contributed by atoms with Gasteiger partial charge in [0.2, 0.25) is 10.0 Å². The minimum absolute atomic E-state index is 0. The van der Waals surface area contributed by atoms with E-state index >= 15 is 0 Å². The van der Waals surface area contributed by atoms with Crippen LogP contribution < -0.4 is 10.6 Å². The third-order valence-corrected chi connectivity index (χ3v) is 5.32. The van der Waals surface area contributed by atoms with Gasteiger partial charge in [0.05, 0.1) is 11.9 Å². The van der Waals surface area contributed by atoms with Crippen molar-refractivity contribution in [2.75, 3.05) is 39.0 Å². The van der Waals surface area contributed by atoms with E-state index < -0.39 is 10.0 Å². The Hall–Kier alpha value is -0.880. The van der Waals surface area contributed by atoms with E-state index in [0.717, 1.165) is 37.6 Å². The highest BCUT2D eigenvalue weighted by Gasteiger charge is 2.13. The fourth-order valence-corrected chi connectivity index (χ4v) is 3.60. The average molecular weight is 514 g/mol. The first-order valence-electron chi connectivity index (χ1n) is 9.26. The summed E-state index contributed by atoms with van der Waals surface area (Å²) in [5, 5.41) is 10.9. The summed E-state index contributed by atoms with van der Waals surface area (Å²) in [5.41, 5.74) is 2.21. The molecule has 0 aliphatic carbocycles. The molecule has 27 heavy (non-hydrogen) atoms. The molecule has 0 radical (unpaired) electrons. The van der Waals surface area contributed by atoms with Crippen molar-refractivity contribution in [3.05, 3.63) is 17.5 Å². The minimum atomic E-state index is -3.12. The van der Waals surface area contributed by atoms with Crippen LogP contribution >= 0.6 is 24.0 Å². The zero-order valence-corrected chi connectivity index (χ0v) is 20.3. The number of nitrogens with one attached hydrogen (secondary N) is 2. The average Bonchev–Trinajstić information content (AvgIpc) is 2.87. The quantitative estimate of drug-likeness (QED) is 0.203. The van der Waals surface area contributed by atoms with Crippen LogP contribution in [0.3, 0.4) is 0 Å². The molecule has 0 bridgehead atoms. The van der Waals surface area contributed by atoms with Crippen molar-refractivity contribution in [3.63, 3.8) is 0 Å². The van der Waals surface area contributed by atoms with Gasteiger partial charge >= 0.3 is 0 Å². The first-order chi connectivity index (χ1) is 12.3. The molecule has 8 nitrogen and oxygen atoms in total. The van der Waals surface area contributed by atoms with Gasteiger partial charge in [-0.25, -0.2) is 12.7 Å². The van der Waals surface area contributed by atoms with Gasteiger partial charge in [-0.3, -0.25) is 9.67 Å². The highest BCUT2D eigenvalue weighted by Crippen LogP contribution is 2.02. The first kappa shape index (κ1) is 26.1. The number of sulfonamides is 1. The molecule has 1 rings (SSSR count). The lowest BCUT2D eigenvalue weighted by atomic mass is 10.4. The van der Waals surface area contributed by atoms with E-state index in [1.54, 1.807) is 0 Å². The molecule has 0 aliphatic rings. The van der Waals surface area contributed by atoms with E-state index in [9.17, 15) is 8.42 Å². The number of aryl methyl sites for hydroxylation is 3. The van der Waals surface area contributed by atoms with Crippen LogP contribution in [-0.2, 0) is 16.6 Å². The van der Waals surface area contributed by atoms with Crippen molar-refractivity contribution >= 4 is 40.0 Å². The monoisotopic (exact) mass is 514 g/mol. The molecule has 0 aromatic carbocycles. The second-order valence-corrected chi connectivity index (χ2v) is 8.28. The van der Waals surface area contributed by atoms with E-state index in [1.165, 1.54) is 16.3 Å². The Morgan fingerprint density at radius 2 is 1.96 bits per heavy atom. The third-order valence-electron chi connectivity index (χ3n) is 3.94. The van der Waals surface area contributed by atoms with Gasteiger partial charge in [-0.05, 0) is 39.7 Å². The number of hydrogen-bond acceptors (Lipinski definition) is 4. The smallest absolute Gasteiger partial charge is 0.211 e. The zero-order chi connectivity index (χ0) is 19.6. The summed E-state index contributed by atoms with van der Waals surface area (Å²) in [6.07, 6.45) is 2.89. The maximum atomic E-state index is 11.6. The maximum absolute atomic E-state index is 11.6. The van der Waals surface area contributed by atoms with Crippen molar-refractivity contribution in [1.29, 1.82) is 0 Å². The Morgan fingerprint density at radius 3 is 2.48 bits per heavy atom. The Bertz CT molecular complexity index is 675. The number of aromatic nitrogens is 2. The van der Waals surface area contributed by atoms with Crippen LogP contribution in [0.4, 0.5) is 0 Å². The molecule has 2 N–H and O–H groups in total. The molecule has 0 saturated heterocycles. The maximum Gasteiger partial charge on any atom is 0.211 e. The summed E-state index contributed by atoms with van der Waals surface area (Å²) in [6.45, 7) is 12.0. The summed E-state index contributed by atoms with van der Waals surface area (Å²) >= 11 is 0. The van der Waals surface area contributed by atoms with Gasteiger partial charge in [-0.15, -0.1) is 24.0 Å². The van der Waals surface area contributed by atoms with Crippen molar-refractivity contribution < 1.29 is 8.42 Å². The number of rotatable bonds is 11. The van der Waals surface area contributed by atoms with Crippen LogP contribution in [0.1, 0.15) is 38.1 Å². The van der Waals surface area contributed by atoms with Crippen molar-refractivity contribution in [2.24, 2.45) is 4.99 Å². The molecular formula is C17H35IN6O2S. The highest BCUT2D eigenvalue weighted by molar-refractivity contribution is 14.0. The lowest BCUT2D eigenvalue weighted by Crippen LogP contribution is -2.39. The molecule has 10 heteroatoms. The summed E-state index contributed by atoms with van der Waals surface area (Å²) in [4.78, 5) is 4.57. The first-order valence-corrected chi connectivity index (χ1v) is 11.1. The van der Waals surface area contributed by atoms with E-state index in [0.29, 0.717) is 26.2 Å². The fourth-order valence-electron chi connectivity index (χ4n) is 2.68. The van der Waals surface area contributed by atoms with Gasteiger partial charge in [0.25, 0.3) is 0 Å². The topological polar surface area (TPSA) is 91.6 Å². The Kier molecular flexibility index (Phi) is 12.9. The molecule has 158 valence electrons. The van der Waals surface area contributed by atoms with Gasteiger partial charge in [-0.1, -0.05) is 6.92 Å².